The van der Waals surface area contributed by atoms with E-state index in [1.807, 2.05) is 41.5 Å². The first-order chi connectivity index (χ1) is 11.6. The quantitative estimate of drug-likeness (QED) is 0.695. The lowest BCUT2D eigenvalue weighted by atomic mass is 10.2. The van der Waals surface area contributed by atoms with Gasteiger partial charge in [-0.3, -0.25) is 9.20 Å². The second kappa shape index (κ2) is 8.71. The number of pyridine rings is 1. The fourth-order valence-corrected chi connectivity index (χ4v) is 2.84. The van der Waals surface area contributed by atoms with Gasteiger partial charge in [-0.25, -0.2) is 4.98 Å². The number of nitrogens with zero attached hydrogens (tertiary/aromatic N) is 3. The molecule has 0 aliphatic heterocycles. The van der Waals surface area contributed by atoms with Crippen molar-refractivity contribution in [1.29, 1.82) is 0 Å². The zero-order valence-corrected chi connectivity index (χ0v) is 15.3. The van der Waals surface area contributed by atoms with Crippen molar-refractivity contribution in [3.05, 3.63) is 29.7 Å². The molecule has 5 nitrogen and oxygen atoms in total. The summed E-state index contributed by atoms with van der Waals surface area (Å²) in [4.78, 5) is 19.7. The molecule has 1 amide bonds. The van der Waals surface area contributed by atoms with Gasteiger partial charge in [-0.1, -0.05) is 26.7 Å². The van der Waals surface area contributed by atoms with E-state index in [1.54, 1.807) is 0 Å². The summed E-state index contributed by atoms with van der Waals surface area (Å²) in [6.07, 6.45) is 6.10. The maximum absolute atomic E-state index is 13.1. The van der Waals surface area contributed by atoms with Gasteiger partial charge in [-0.2, -0.15) is 0 Å². The molecule has 0 bridgehead atoms. The van der Waals surface area contributed by atoms with Crippen LogP contribution in [-0.4, -0.2) is 39.9 Å². The summed E-state index contributed by atoms with van der Waals surface area (Å²) >= 11 is 0. The number of hydrogen-bond donors (Lipinski definition) is 0. The van der Waals surface area contributed by atoms with Crippen LogP contribution in [0.3, 0.4) is 0 Å². The van der Waals surface area contributed by atoms with Crippen LogP contribution < -0.4 is 4.74 Å². The highest BCUT2D eigenvalue weighted by Gasteiger charge is 2.23. The highest BCUT2D eigenvalue weighted by molar-refractivity contribution is 5.95. The molecule has 0 aliphatic rings. The number of carbonyl (C=O) groups excluding carboxylic acids is 1. The largest absolute Gasteiger partial charge is 0.490 e. The highest BCUT2D eigenvalue weighted by Crippen LogP contribution is 2.23. The Kier molecular flexibility index (Phi) is 6.64. The van der Waals surface area contributed by atoms with Crippen molar-refractivity contribution in [3.8, 4) is 5.75 Å². The van der Waals surface area contributed by atoms with E-state index in [-0.39, 0.29) is 5.91 Å². The Morgan fingerprint density at radius 3 is 2.46 bits per heavy atom. The van der Waals surface area contributed by atoms with Gasteiger partial charge in [-0.05, 0) is 38.8 Å². The van der Waals surface area contributed by atoms with E-state index in [2.05, 4.69) is 18.8 Å². The number of amides is 1. The molecule has 2 rings (SSSR count). The smallest absolute Gasteiger partial charge is 0.272 e. The first-order valence-corrected chi connectivity index (χ1v) is 9.03. The predicted molar refractivity (Wildman–Crippen MR) is 96.8 cm³/mol. The second-order valence-corrected chi connectivity index (χ2v) is 6.04. The fraction of sp³-hybridized carbons (Fsp3) is 0.579. The lowest BCUT2D eigenvalue weighted by Gasteiger charge is -2.22. The van der Waals surface area contributed by atoms with Crippen molar-refractivity contribution in [2.75, 3.05) is 19.7 Å². The summed E-state index contributed by atoms with van der Waals surface area (Å²) in [6.45, 7) is 10.3. The highest BCUT2D eigenvalue weighted by atomic mass is 16.5. The number of rotatable bonds is 9. The van der Waals surface area contributed by atoms with E-state index in [0.717, 1.165) is 50.2 Å². The average Bonchev–Trinajstić information content (AvgIpc) is 2.92. The van der Waals surface area contributed by atoms with E-state index < -0.39 is 0 Å². The lowest BCUT2D eigenvalue weighted by molar-refractivity contribution is 0.0743. The molecule has 0 aromatic carbocycles. The number of unbranched alkanes of at least 4 members (excludes halogenated alkanes) is 2. The average molecular weight is 331 g/mol. The summed E-state index contributed by atoms with van der Waals surface area (Å²) in [6, 6.07) is 3.80. The van der Waals surface area contributed by atoms with Crippen molar-refractivity contribution in [2.45, 2.75) is 53.4 Å². The Balaban J connectivity index is 2.39. The topological polar surface area (TPSA) is 46.8 Å². The Morgan fingerprint density at radius 1 is 1.21 bits per heavy atom. The Labute approximate surface area is 144 Å². The molecular formula is C19H29N3O2. The zero-order chi connectivity index (χ0) is 17.5. The number of imidazole rings is 1. The van der Waals surface area contributed by atoms with Crippen LogP contribution in [0.25, 0.3) is 5.65 Å². The number of aryl methyl sites for hydroxylation is 1. The van der Waals surface area contributed by atoms with Crippen LogP contribution >= 0.6 is 0 Å². The maximum Gasteiger partial charge on any atom is 0.272 e. The third kappa shape index (κ3) is 3.89. The van der Waals surface area contributed by atoms with Crippen molar-refractivity contribution in [1.82, 2.24) is 14.3 Å². The molecule has 0 spiro atoms. The van der Waals surface area contributed by atoms with Gasteiger partial charge in [0.1, 0.15) is 5.69 Å². The van der Waals surface area contributed by atoms with Gasteiger partial charge >= 0.3 is 0 Å². The molecule has 0 saturated carbocycles. The molecule has 5 heteroatoms. The zero-order valence-electron chi connectivity index (χ0n) is 15.3. The van der Waals surface area contributed by atoms with E-state index in [0.29, 0.717) is 17.9 Å². The molecule has 0 aliphatic carbocycles. The molecule has 2 aromatic rings. The van der Waals surface area contributed by atoms with Gasteiger partial charge in [0.15, 0.2) is 11.4 Å². The summed E-state index contributed by atoms with van der Waals surface area (Å²) in [5, 5.41) is 0. The molecule has 0 radical (unpaired) electrons. The second-order valence-electron chi connectivity index (χ2n) is 6.04. The number of fused-ring (bicyclic) bond motifs is 1. The molecule has 0 N–H and O–H groups in total. The van der Waals surface area contributed by atoms with Crippen LogP contribution in [0.5, 0.6) is 5.75 Å². The van der Waals surface area contributed by atoms with Gasteiger partial charge in [0.2, 0.25) is 0 Å². The van der Waals surface area contributed by atoms with Gasteiger partial charge in [0, 0.05) is 19.3 Å². The minimum absolute atomic E-state index is 0.0653. The summed E-state index contributed by atoms with van der Waals surface area (Å²) in [5.41, 5.74) is 2.12. The fourth-order valence-electron chi connectivity index (χ4n) is 2.84. The van der Waals surface area contributed by atoms with E-state index in [4.69, 9.17) is 4.74 Å². The van der Waals surface area contributed by atoms with Crippen molar-refractivity contribution >= 4 is 11.6 Å². The SMILES string of the molecule is CCCCN(CCCC)C(=O)c1c(C)nc2c(OCC)cccn12. The maximum atomic E-state index is 13.1. The normalized spacial score (nSPS) is 11.0. The van der Waals surface area contributed by atoms with Crippen LogP contribution in [0.2, 0.25) is 0 Å². The lowest BCUT2D eigenvalue weighted by Crippen LogP contribution is -2.34. The van der Waals surface area contributed by atoms with Gasteiger partial charge in [0.05, 0.1) is 12.3 Å². The number of carbonyl (C=O) groups is 1. The van der Waals surface area contributed by atoms with Crippen molar-refractivity contribution in [3.63, 3.8) is 0 Å². The monoisotopic (exact) mass is 331 g/mol. The van der Waals surface area contributed by atoms with Crippen LogP contribution in [0.15, 0.2) is 18.3 Å². The molecule has 132 valence electrons. The molecule has 2 heterocycles. The molecule has 0 saturated heterocycles. The van der Waals surface area contributed by atoms with Gasteiger partial charge in [-0.15, -0.1) is 0 Å². The molecular weight excluding hydrogens is 302 g/mol. The molecule has 0 atom stereocenters. The third-order valence-corrected chi connectivity index (χ3v) is 4.14. The van der Waals surface area contributed by atoms with Gasteiger partial charge in [0.25, 0.3) is 5.91 Å². The Bertz CT molecular complexity index is 671. The first-order valence-electron chi connectivity index (χ1n) is 9.03. The third-order valence-electron chi connectivity index (χ3n) is 4.14. The molecule has 0 fully saturated rings. The van der Waals surface area contributed by atoms with Crippen molar-refractivity contribution in [2.24, 2.45) is 0 Å². The molecule has 2 aromatic heterocycles. The van der Waals surface area contributed by atoms with Gasteiger partial charge < -0.3 is 9.64 Å². The number of ether oxygens (including phenoxy) is 1. The Morgan fingerprint density at radius 2 is 1.88 bits per heavy atom. The summed E-state index contributed by atoms with van der Waals surface area (Å²) in [7, 11) is 0. The van der Waals surface area contributed by atoms with Crippen LogP contribution in [-0.2, 0) is 0 Å². The number of hydrogen-bond acceptors (Lipinski definition) is 3. The van der Waals surface area contributed by atoms with E-state index >= 15 is 0 Å². The minimum Gasteiger partial charge on any atom is -0.490 e. The van der Waals surface area contributed by atoms with Crippen LogP contribution in [0.4, 0.5) is 0 Å². The summed E-state index contributed by atoms with van der Waals surface area (Å²) < 4.78 is 7.52. The van der Waals surface area contributed by atoms with E-state index in [9.17, 15) is 4.79 Å². The standard InChI is InChI=1S/C19H29N3O2/c1-5-8-12-21(13-9-6-2)19(23)17-15(4)20-18-16(24-7-3)11-10-14-22(17)18/h10-11,14H,5-9,12-13H2,1-4H3. The number of aromatic nitrogens is 2. The van der Waals surface area contributed by atoms with Crippen LogP contribution in [0.1, 0.15) is 62.6 Å². The van der Waals surface area contributed by atoms with Crippen LogP contribution in [0, 0.1) is 6.92 Å². The molecule has 24 heavy (non-hydrogen) atoms. The Hall–Kier alpha value is -2.04. The molecule has 0 unspecified atom stereocenters. The predicted octanol–water partition coefficient (Wildman–Crippen LogP) is 4.08. The minimum atomic E-state index is 0.0653. The summed E-state index contributed by atoms with van der Waals surface area (Å²) in [5.74, 6) is 0.784. The van der Waals surface area contributed by atoms with E-state index in [1.165, 1.54) is 0 Å². The first kappa shape index (κ1) is 18.3. The van der Waals surface area contributed by atoms with Crippen molar-refractivity contribution < 1.29 is 9.53 Å².